The van der Waals surface area contributed by atoms with E-state index >= 15 is 0 Å². The third-order valence-corrected chi connectivity index (χ3v) is 3.33. The molecule has 158 valence electrons. The molecule has 0 heterocycles. The van der Waals surface area contributed by atoms with Gasteiger partial charge in [0.25, 0.3) is 0 Å². The molecule has 0 amide bonds. The monoisotopic (exact) mass is 449 g/mol. The van der Waals surface area contributed by atoms with Crippen LogP contribution in [0.3, 0.4) is 0 Å². The Morgan fingerprint density at radius 3 is 1.23 bits per heavy atom. The Bertz CT molecular complexity index is 632. The van der Waals surface area contributed by atoms with Crippen LogP contribution in [0.15, 0.2) is 0 Å². The Labute approximate surface area is 215 Å². The summed E-state index contributed by atoms with van der Waals surface area (Å²) >= 11 is 0. The number of nitrogens with two attached hydrogens (primary N) is 3. The van der Waals surface area contributed by atoms with Crippen LogP contribution >= 0.6 is 0 Å². The molecule has 0 rings (SSSR count). The van der Waals surface area contributed by atoms with Crippen LogP contribution in [0.5, 0.6) is 0 Å². The quantitative estimate of drug-likeness (QED) is 0.142. The van der Waals surface area contributed by atoms with Crippen LogP contribution in [0.1, 0.15) is 38.5 Å². The summed E-state index contributed by atoms with van der Waals surface area (Å²) in [5, 5.41) is 20.8. The molecule has 15 heteroatoms. The summed E-state index contributed by atoms with van der Waals surface area (Å²) in [4.78, 5) is 66.6. The van der Waals surface area contributed by atoms with E-state index in [-0.39, 0.29) is 78.4 Å². The van der Waals surface area contributed by atoms with E-state index in [1.165, 1.54) is 0 Å². The number of carboxylic acids is 2. The van der Waals surface area contributed by atoms with Crippen LogP contribution in [-0.4, -0.2) is 53.9 Å². The zero-order valence-corrected chi connectivity index (χ0v) is 20.8. The average Bonchev–Trinajstić information content (AvgIpc) is 2.61. The number of ether oxygens (including phenoxy) is 2. The van der Waals surface area contributed by atoms with Gasteiger partial charge in [0, 0.05) is 31.3 Å². The van der Waals surface area contributed by atoms with Crippen molar-refractivity contribution in [3.05, 3.63) is 0 Å². The number of esters is 4. The molecule has 0 aliphatic rings. The Morgan fingerprint density at radius 1 is 0.600 bits per heavy atom. The van der Waals surface area contributed by atoms with Gasteiger partial charge in [-0.25, -0.2) is 4.79 Å². The maximum Gasteiger partial charge on any atom is 1.00 e. The fourth-order valence-corrected chi connectivity index (χ4v) is 1.64. The predicted octanol–water partition coefficient (Wildman–Crippen LogP) is -11.0. The summed E-state index contributed by atoms with van der Waals surface area (Å²) in [6.07, 6.45) is -2.26. The van der Waals surface area contributed by atoms with Gasteiger partial charge in [0.1, 0.15) is 6.04 Å². The maximum atomic E-state index is 11.6. The van der Waals surface area contributed by atoms with E-state index < -0.39 is 73.2 Å². The number of carboxylic acid groups (broad SMARTS) is 2. The second kappa shape index (κ2) is 17.7. The van der Waals surface area contributed by atoms with Crippen LogP contribution in [-0.2, 0) is 38.2 Å². The molecule has 0 radical (unpaired) electrons. The van der Waals surface area contributed by atoms with Crippen LogP contribution in [0.2, 0.25) is 0 Å². The first-order chi connectivity index (χ1) is 12.9. The predicted molar refractivity (Wildman–Crippen MR) is 83.8 cm³/mol. The molecule has 3 atom stereocenters. The Hall–Kier alpha value is -0.900. The third kappa shape index (κ3) is 15.9. The van der Waals surface area contributed by atoms with E-state index in [2.05, 4.69) is 9.47 Å². The molecule has 0 saturated carbocycles. The van der Waals surface area contributed by atoms with Gasteiger partial charge in [-0.1, -0.05) is 0 Å². The van der Waals surface area contributed by atoms with Crippen LogP contribution in [0.25, 0.3) is 0 Å². The summed E-state index contributed by atoms with van der Waals surface area (Å²) in [5.41, 5.74) is 15.7. The third-order valence-electron chi connectivity index (χ3n) is 3.33. The van der Waals surface area contributed by atoms with Gasteiger partial charge in [0.05, 0.1) is 11.9 Å². The van der Waals surface area contributed by atoms with Crippen molar-refractivity contribution >= 4 is 35.8 Å². The van der Waals surface area contributed by atoms with Gasteiger partial charge in [-0.15, -0.1) is 0 Å². The first kappa shape index (κ1) is 33.7. The Morgan fingerprint density at radius 2 is 0.900 bits per heavy atom. The minimum Gasteiger partial charge on any atom is -0.548 e. The average molecular weight is 449 g/mol. The molecule has 0 fully saturated rings. The van der Waals surface area contributed by atoms with Crippen molar-refractivity contribution in [2.45, 2.75) is 56.7 Å². The summed E-state index contributed by atoms with van der Waals surface area (Å²) in [7, 11) is 0. The summed E-state index contributed by atoms with van der Waals surface area (Å²) in [6.45, 7) is 0. The van der Waals surface area contributed by atoms with E-state index in [1.807, 2.05) is 0 Å². The van der Waals surface area contributed by atoms with Crippen molar-refractivity contribution in [3.8, 4) is 0 Å². The van der Waals surface area contributed by atoms with E-state index in [9.17, 15) is 39.0 Å². The normalized spacial score (nSPS) is 12.8. The molecular weight excluding hydrogens is 428 g/mol. The molecule has 0 unspecified atom stereocenters. The van der Waals surface area contributed by atoms with E-state index in [0.29, 0.717) is 0 Å². The molecule has 0 aliphatic carbocycles. The molecular formula is C15H21N3Na2O10. The smallest absolute Gasteiger partial charge is 0.548 e. The van der Waals surface area contributed by atoms with Gasteiger partial charge < -0.3 is 46.5 Å². The number of rotatable bonds is 12. The van der Waals surface area contributed by atoms with Gasteiger partial charge >= 0.3 is 83.0 Å². The van der Waals surface area contributed by atoms with Gasteiger partial charge in [-0.2, -0.15) is 0 Å². The second-order valence-electron chi connectivity index (χ2n) is 5.71. The molecule has 0 bridgehead atoms. The van der Waals surface area contributed by atoms with Gasteiger partial charge in [0.15, 0.2) is 0 Å². The zero-order valence-electron chi connectivity index (χ0n) is 16.8. The van der Waals surface area contributed by atoms with E-state index in [1.54, 1.807) is 0 Å². The second-order valence-corrected chi connectivity index (χ2v) is 5.71. The standard InChI is InChI=1S/C15H23N3O10.2Na/c16-7(13(22)23)1-4-10(19)27-11(20)6-3-9(18)15(26)28-12(21)5-2-8(17)14(24)25;;/h7-9H,1-6,16-18H2,(H,22,23)(H,24,25);;/q;2*+1/p-2/t7-,8-,9-;;/m0../s1. The summed E-state index contributed by atoms with van der Waals surface area (Å²) in [5.74, 6) is -7.38. The summed E-state index contributed by atoms with van der Waals surface area (Å²) in [6, 6.07) is -4.16. The van der Waals surface area contributed by atoms with Gasteiger partial charge in [-0.05, 0) is 19.3 Å². The minimum absolute atomic E-state index is 0. The van der Waals surface area contributed by atoms with E-state index in [0.717, 1.165) is 0 Å². The van der Waals surface area contributed by atoms with Gasteiger partial charge in [-0.3, -0.25) is 14.4 Å². The summed E-state index contributed by atoms with van der Waals surface area (Å²) < 4.78 is 8.76. The number of hydrogen-bond donors (Lipinski definition) is 3. The van der Waals surface area contributed by atoms with Crippen molar-refractivity contribution in [2.75, 3.05) is 0 Å². The molecule has 0 aliphatic heterocycles. The molecule has 0 saturated heterocycles. The largest absolute Gasteiger partial charge is 1.00 e. The van der Waals surface area contributed by atoms with Crippen molar-refractivity contribution in [1.29, 1.82) is 0 Å². The van der Waals surface area contributed by atoms with Crippen molar-refractivity contribution in [2.24, 2.45) is 17.2 Å². The first-order valence-corrected chi connectivity index (χ1v) is 8.10. The SMILES string of the molecule is N[C@@H](CCC(=O)OC(=O)CC[C@H](N)C(=O)OC(=O)CC[C@H](N)C(=O)[O-])C(=O)[O-].[Na+].[Na+]. The Kier molecular flexibility index (Phi) is 20.0. The molecule has 0 aromatic carbocycles. The van der Waals surface area contributed by atoms with Crippen LogP contribution < -0.4 is 86.5 Å². The minimum atomic E-state index is -1.56. The molecule has 0 aromatic rings. The number of aliphatic carboxylic acids is 2. The molecule has 30 heavy (non-hydrogen) atoms. The maximum absolute atomic E-state index is 11.6. The van der Waals surface area contributed by atoms with Crippen LogP contribution in [0, 0.1) is 0 Å². The van der Waals surface area contributed by atoms with Crippen LogP contribution in [0.4, 0.5) is 0 Å². The Balaban J connectivity index is -0.00000364. The molecule has 6 N–H and O–H groups in total. The fraction of sp³-hybridized carbons (Fsp3) is 0.600. The molecule has 13 nitrogen and oxygen atoms in total. The van der Waals surface area contributed by atoms with Gasteiger partial charge in [0.2, 0.25) is 0 Å². The van der Waals surface area contributed by atoms with Crippen molar-refractivity contribution < 1.29 is 108 Å². The molecule has 0 spiro atoms. The van der Waals surface area contributed by atoms with E-state index in [4.69, 9.17) is 17.2 Å². The number of hydrogen-bond acceptors (Lipinski definition) is 13. The van der Waals surface area contributed by atoms with Crippen molar-refractivity contribution in [3.63, 3.8) is 0 Å². The first-order valence-electron chi connectivity index (χ1n) is 8.10. The van der Waals surface area contributed by atoms with Crippen molar-refractivity contribution in [1.82, 2.24) is 0 Å². The number of carbonyl (C=O) groups is 6. The zero-order chi connectivity index (χ0) is 21.9. The molecule has 0 aromatic heterocycles. The number of carbonyl (C=O) groups excluding carboxylic acids is 6. The topological polar surface area (TPSA) is 245 Å². The fourth-order valence-electron chi connectivity index (χ4n) is 1.64.